The molecule has 0 saturated carbocycles. The minimum absolute atomic E-state index is 0.141. The second-order valence-corrected chi connectivity index (χ2v) is 4.02. The Hall–Kier alpha value is -0.820. The average molecular weight is 196 g/mol. The molecule has 0 saturated heterocycles. The Kier molecular flexibility index (Phi) is 3.98. The fourth-order valence-electron chi connectivity index (χ4n) is 0.604. The smallest absolute Gasteiger partial charge is 0.422 e. The van der Waals surface area contributed by atoms with Gasteiger partial charge in [-0.1, -0.05) is 6.92 Å². The van der Waals surface area contributed by atoms with Crippen LogP contribution in [0.5, 0.6) is 0 Å². The highest BCUT2D eigenvalue weighted by Gasteiger charge is 2.14. The van der Waals surface area contributed by atoms with E-state index in [1.54, 1.807) is 6.92 Å². The maximum Gasteiger partial charge on any atom is 0.422 e. The molecular weight excluding hydrogens is 184 g/mol. The number of carbonyl (C=O) groups is 1. The number of hydrogen-bond acceptors (Lipinski definition) is 3. The van der Waals surface area contributed by atoms with Gasteiger partial charge in [0.05, 0.1) is 6.26 Å². The van der Waals surface area contributed by atoms with Crippen molar-refractivity contribution in [2.24, 2.45) is 0 Å². The van der Waals surface area contributed by atoms with Gasteiger partial charge in [0, 0.05) is 6.54 Å². The normalized spacial score (nSPS) is 11.2. The highest BCUT2D eigenvalue weighted by molar-refractivity contribution is 7.88. The van der Waals surface area contributed by atoms with Gasteiger partial charge in [0.15, 0.2) is 0 Å². The topological polar surface area (TPSA) is 86.7 Å². The molecule has 0 unspecified atom stereocenters. The number of rotatable bonds is 4. The summed E-state index contributed by atoms with van der Waals surface area (Å²) < 4.78 is 21.2. The van der Waals surface area contributed by atoms with E-state index in [1.165, 1.54) is 0 Å². The molecule has 1 amide bonds. The second-order valence-electron chi connectivity index (χ2n) is 2.30. The largest absolute Gasteiger partial charge is 0.464 e. The lowest BCUT2D eigenvalue weighted by Gasteiger charge is -2.17. The molecule has 0 aliphatic heterocycles. The van der Waals surface area contributed by atoms with Gasteiger partial charge in [-0.15, -0.1) is 4.83 Å². The van der Waals surface area contributed by atoms with Gasteiger partial charge in [0.25, 0.3) is 0 Å². The number of nitrogens with one attached hydrogen (secondary N) is 1. The Morgan fingerprint density at radius 2 is 2.08 bits per heavy atom. The van der Waals surface area contributed by atoms with Crippen molar-refractivity contribution in [3.05, 3.63) is 0 Å². The van der Waals surface area contributed by atoms with Crippen molar-refractivity contribution in [2.75, 3.05) is 12.8 Å². The number of hydrazine groups is 1. The number of nitrogens with zero attached hydrogens (tertiary/aromatic N) is 1. The van der Waals surface area contributed by atoms with Gasteiger partial charge in [0.1, 0.15) is 0 Å². The Morgan fingerprint density at radius 1 is 1.58 bits per heavy atom. The zero-order chi connectivity index (χ0) is 9.78. The third kappa shape index (κ3) is 4.91. The Balaban J connectivity index is 4.24. The summed E-state index contributed by atoms with van der Waals surface area (Å²) in [7, 11) is -3.50. The first kappa shape index (κ1) is 11.2. The predicted molar refractivity (Wildman–Crippen MR) is 43.0 cm³/mol. The molecule has 0 aromatic rings. The highest BCUT2D eigenvalue weighted by Crippen LogP contribution is 1.89. The zero-order valence-electron chi connectivity index (χ0n) is 6.94. The third-order valence-corrected chi connectivity index (χ3v) is 1.51. The van der Waals surface area contributed by atoms with Crippen molar-refractivity contribution in [3.63, 3.8) is 0 Å². The Morgan fingerprint density at radius 3 is 2.33 bits per heavy atom. The quantitative estimate of drug-likeness (QED) is 0.612. The van der Waals surface area contributed by atoms with Crippen molar-refractivity contribution in [1.29, 1.82) is 0 Å². The first-order valence-electron chi connectivity index (χ1n) is 3.34. The summed E-state index contributed by atoms with van der Waals surface area (Å²) in [5, 5.41) is 9.10. The zero-order valence-corrected chi connectivity index (χ0v) is 7.76. The predicted octanol–water partition coefficient (Wildman–Crippen LogP) is -0.159. The third-order valence-electron chi connectivity index (χ3n) is 0.954. The molecule has 0 aliphatic rings. The number of sulfonamides is 1. The molecule has 0 heterocycles. The molecule has 0 aromatic carbocycles. The van der Waals surface area contributed by atoms with E-state index in [0.717, 1.165) is 6.26 Å². The average Bonchev–Trinajstić information content (AvgIpc) is 1.83. The van der Waals surface area contributed by atoms with Gasteiger partial charge in [-0.3, -0.25) is 0 Å². The number of carboxylic acid groups (broad SMARTS) is 1. The molecule has 0 bridgehead atoms. The lowest BCUT2D eigenvalue weighted by atomic mass is 10.5. The van der Waals surface area contributed by atoms with Crippen LogP contribution in [0.15, 0.2) is 0 Å². The maximum absolute atomic E-state index is 10.6. The second kappa shape index (κ2) is 4.27. The standard InChI is InChI=1S/C5H12N2O4S/c1-3-4-7(5(8)9)6-12(2,10)11/h6H,3-4H2,1-2H3,(H,8,9). The van der Waals surface area contributed by atoms with Gasteiger partial charge in [0.2, 0.25) is 10.0 Å². The lowest BCUT2D eigenvalue weighted by Crippen LogP contribution is -2.45. The lowest BCUT2D eigenvalue weighted by molar-refractivity contribution is 0.136. The monoisotopic (exact) mass is 196 g/mol. The van der Waals surface area contributed by atoms with Crippen LogP contribution in [-0.2, 0) is 10.0 Å². The molecule has 0 aliphatic carbocycles. The van der Waals surface area contributed by atoms with Crippen LogP contribution in [0.2, 0.25) is 0 Å². The van der Waals surface area contributed by atoms with Crippen LogP contribution < -0.4 is 4.83 Å². The molecule has 0 rings (SSSR count). The molecule has 0 atom stereocenters. The van der Waals surface area contributed by atoms with E-state index in [2.05, 4.69) is 0 Å². The van der Waals surface area contributed by atoms with E-state index in [-0.39, 0.29) is 6.54 Å². The van der Waals surface area contributed by atoms with Crippen LogP contribution >= 0.6 is 0 Å². The molecule has 0 radical (unpaired) electrons. The molecule has 0 spiro atoms. The first-order valence-corrected chi connectivity index (χ1v) is 5.24. The molecule has 0 aromatic heterocycles. The van der Waals surface area contributed by atoms with Gasteiger partial charge >= 0.3 is 6.09 Å². The summed E-state index contributed by atoms with van der Waals surface area (Å²) in [6.45, 7) is 1.89. The fourth-order valence-corrected chi connectivity index (χ4v) is 1.17. The molecule has 12 heavy (non-hydrogen) atoms. The van der Waals surface area contributed by atoms with Gasteiger partial charge < -0.3 is 5.11 Å². The molecule has 7 heteroatoms. The van der Waals surface area contributed by atoms with Gasteiger partial charge in [-0.2, -0.15) is 0 Å². The molecular formula is C5H12N2O4S. The van der Waals surface area contributed by atoms with E-state index in [0.29, 0.717) is 11.4 Å². The van der Waals surface area contributed by atoms with Crippen LogP contribution in [0.3, 0.4) is 0 Å². The molecule has 72 valence electrons. The summed E-state index contributed by atoms with van der Waals surface area (Å²) in [5.41, 5.74) is 0. The first-order chi connectivity index (χ1) is 5.37. The van der Waals surface area contributed by atoms with Crippen LogP contribution in [0.4, 0.5) is 4.79 Å². The van der Waals surface area contributed by atoms with Crippen molar-refractivity contribution < 1.29 is 18.3 Å². The van der Waals surface area contributed by atoms with Crippen molar-refractivity contribution in [2.45, 2.75) is 13.3 Å². The van der Waals surface area contributed by atoms with E-state index in [1.807, 2.05) is 4.83 Å². The highest BCUT2D eigenvalue weighted by atomic mass is 32.2. The molecule has 0 fully saturated rings. The van der Waals surface area contributed by atoms with Crippen molar-refractivity contribution >= 4 is 16.1 Å². The summed E-state index contributed by atoms with van der Waals surface area (Å²) >= 11 is 0. The minimum Gasteiger partial charge on any atom is -0.464 e. The SMILES string of the molecule is CCCN(NS(C)(=O)=O)C(=O)O. The van der Waals surface area contributed by atoms with E-state index in [9.17, 15) is 13.2 Å². The minimum atomic E-state index is -3.50. The molecule has 2 N–H and O–H groups in total. The van der Waals surface area contributed by atoms with E-state index in [4.69, 9.17) is 5.11 Å². The summed E-state index contributed by atoms with van der Waals surface area (Å²) in [5.74, 6) is 0. The summed E-state index contributed by atoms with van der Waals surface area (Å²) in [6, 6.07) is 0. The number of amides is 1. The van der Waals surface area contributed by atoms with Gasteiger partial charge in [-0.05, 0) is 6.42 Å². The van der Waals surface area contributed by atoms with Gasteiger partial charge in [-0.25, -0.2) is 18.2 Å². The maximum atomic E-state index is 10.6. The Labute approximate surface area is 71.2 Å². The van der Waals surface area contributed by atoms with Crippen LogP contribution in [0.25, 0.3) is 0 Å². The van der Waals surface area contributed by atoms with Crippen molar-refractivity contribution in [3.8, 4) is 0 Å². The Bertz CT molecular complexity index is 248. The van der Waals surface area contributed by atoms with E-state index < -0.39 is 16.1 Å². The summed E-state index contributed by atoms with van der Waals surface area (Å²) in [4.78, 5) is 12.2. The van der Waals surface area contributed by atoms with E-state index >= 15 is 0 Å². The fraction of sp³-hybridized carbons (Fsp3) is 0.800. The number of hydrogen-bond donors (Lipinski definition) is 2. The molecule has 6 nitrogen and oxygen atoms in total. The van der Waals surface area contributed by atoms with Crippen LogP contribution in [0.1, 0.15) is 13.3 Å². The van der Waals surface area contributed by atoms with Crippen molar-refractivity contribution in [1.82, 2.24) is 9.84 Å². The van der Waals surface area contributed by atoms with Crippen LogP contribution in [-0.4, -0.2) is 37.4 Å². The summed E-state index contributed by atoms with van der Waals surface area (Å²) in [6.07, 6.45) is 0.148. The van der Waals surface area contributed by atoms with Crippen LogP contribution in [0, 0.1) is 0 Å².